The van der Waals surface area contributed by atoms with E-state index in [1.54, 1.807) is 6.92 Å². The molecule has 0 saturated carbocycles. The highest BCUT2D eigenvalue weighted by atomic mass is 16.2. The van der Waals surface area contributed by atoms with Gasteiger partial charge in [0, 0.05) is 11.1 Å². The number of nitrogens with one attached hydrogen (secondary N) is 2. The van der Waals surface area contributed by atoms with Crippen molar-refractivity contribution in [2.45, 2.75) is 52.6 Å². The van der Waals surface area contributed by atoms with Crippen molar-refractivity contribution >= 4 is 17.5 Å². The molecule has 19 heavy (non-hydrogen) atoms. The zero-order chi connectivity index (χ0) is 14.6. The first-order chi connectivity index (χ1) is 8.74. The second-order valence-corrected chi connectivity index (χ2v) is 5.54. The highest BCUT2D eigenvalue weighted by molar-refractivity contribution is 5.84. The molecule has 0 saturated heterocycles. The molecular formula is C13H23N5O. The van der Waals surface area contributed by atoms with Crippen LogP contribution < -0.4 is 16.4 Å². The summed E-state index contributed by atoms with van der Waals surface area (Å²) in [5.41, 5.74) is 6.37. The fraction of sp³-hybridized carbons (Fsp3) is 0.615. The molecule has 1 unspecified atom stereocenters. The number of nitrogens with two attached hydrogens (primary N) is 1. The van der Waals surface area contributed by atoms with Crippen molar-refractivity contribution in [1.29, 1.82) is 0 Å². The zero-order valence-electron chi connectivity index (χ0n) is 12.2. The topological polar surface area (TPSA) is 92.9 Å². The molecular weight excluding hydrogens is 242 g/mol. The SMILES string of the molecule is CCc1c(N)ncnc1NC(C)C(=O)NC(C)(C)C. The summed E-state index contributed by atoms with van der Waals surface area (Å²) in [6, 6.07) is -0.390. The first-order valence-corrected chi connectivity index (χ1v) is 6.42. The van der Waals surface area contributed by atoms with Crippen molar-refractivity contribution in [2.24, 2.45) is 0 Å². The number of amides is 1. The Bertz CT molecular complexity index is 453. The van der Waals surface area contributed by atoms with Crippen LogP contribution in [-0.4, -0.2) is 27.5 Å². The molecule has 0 spiro atoms. The summed E-state index contributed by atoms with van der Waals surface area (Å²) < 4.78 is 0. The van der Waals surface area contributed by atoms with E-state index >= 15 is 0 Å². The van der Waals surface area contributed by atoms with Gasteiger partial charge in [-0.25, -0.2) is 9.97 Å². The van der Waals surface area contributed by atoms with E-state index in [9.17, 15) is 4.79 Å². The van der Waals surface area contributed by atoms with Gasteiger partial charge in [-0.15, -0.1) is 0 Å². The van der Waals surface area contributed by atoms with E-state index in [0.717, 1.165) is 5.56 Å². The zero-order valence-corrected chi connectivity index (χ0v) is 12.2. The molecule has 0 aliphatic rings. The lowest BCUT2D eigenvalue weighted by Gasteiger charge is -2.24. The Hall–Kier alpha value is -1.85. The lowest BCUT2D eigenvalue weighted by Crippen LogP contribution is -2.47. The summed E-state index contributed by atoms with van der Waals surface area (Å²) in [5.74, 6) is 0.988. The van der Waals surface area contributed by atoms with Gasteiger partial charge >= 0.3 is 0 Å². The van der Waals surface area contributed by atoms with Gasteiger partial charge in [-0.3, -0.25) is 4.79 Å². The van der Waals surface area contributed by atoms with Crippen LogP contribution in [0.2, 0.25) is 0 Å². The van der Waals surface area contributed by atoms with Gasteiger partial charge in [-0.2, -0.15) is 0 Å². The fourth-order valence-corrected chi connectivity index (χ4v) is 1.65. The van der Waals surface area contributed by atoms with Gasteiger partial charge in [0.15, 0.2) is 0 Å². The number of hydrogen-bond donors (Lipinski definition) is 3. The number of nitrogen functional groups attached to an aromatic ring is 1. The van der Waals surface area contributed by atoms with E-state index in [-0.39, 0.29) is 17.5 Å². The molecule has 1 heterocycles. The normalized spacial score (nSPS) is 12.9. The van der Waals surface area contributed by atoms with E-state index in [2.05, 4.69) is 20.6 Å². The predicted molar refractivity (Wildman–Crippen MR) is 76.8 cm³/mol. The lowest BCUT2D eigenvalue weighted by molar-refractivity contribution is -0.122. The maximum Gasteiger partial charge on any atom is 0.242 e. The largest absolute Gasteiger partial charge is 0.383 e. The van der Waals surface area contributed by atoms with Crippen LogP contribution in [0.3, 0.4) is 0 Å². The average Bonchev–Trinajstić information content (AvgIpc) is 2.27. The van der Waals surface area contributed by atoms with Crippen LogP contribution in [0.15, 0.2) is 6.33 Å². The number of nitrogens with zero attached hydrogens (tertiary/aromatic N) is 2. The van der Waals surface area contributed by atoms with Crippen LogP contribution >= 0.6 is 0 Å². The Balaban J connectivity index is 2.80. The van der Waals surface area contributed by atoms with Crippen LogP contribution in [-0.2, 0) is 11.2 Å². The molecule has 1 rings (SSSR count). The molecule has 0 radical (unpaired) electrons. The summed E-state index contributed by atoms with van der Waals surface area (Å²) >= 11 is 0. The Labute approximate surface area is 114 Å². The molecule has 1 atom stereocenters. The standard InChI is InChI=1S/C13H23N5O/c1-6-9-10(14)15-7-16-11(9)17-8(2)12(19)18-13(3,4)5/h7-8H,6H2,1-5H3,(H,18,19)(H3,14,15,16,17). The molecule has 4 N–H and O–H groups in total. The van der Waals surface area contributed by atoms with E-state index in [0.29, 0.717) is 18.1 Å². The Kier molecular flexibility index (Phi) is 4.69. The first-order valence-electron chi connectivity index (χ1n) is 6.42. The Morgan fingerprint density at radius 3 is 2.58 bits per heavy atom. The van der Waals surface area contributed by atoms with Crippen molar-refractivity contribution in [1.82, 2.24) is 15.3 Å². The minimum absolute atomic E-state index is 0.0771. The second kappa shape index (κ2) is 5.86. The third kappa shape index (κ3) is 4.39. The van der Waals surface area contributed by atoms with Gasteiger partial charge in [0.2, 0.25) is 5.91 Å². The van der Waals surface area contributed by atoms with Gasteiger partial charge in [0.1, 0.15) is 24.0 Å². The van der Waals surface area contributed by atoms with E-state index < -0.39 is 0 Å². The minimum Gasteiger partial charge on any atom is -0.383 e. The van der Waals surface area contributed by atoms with Crippen LogP contribution in [0.25, 0.3) is 0 Å². The third-order valence-electron chi connectivity index (χ3n) is 2.58. The number of carbonyl (C=O) groups excluding carboxylic acids is 1. The minimum atomic E-state index is -0.390. The highest BCUT2D eigenvalue weighted by Gasteiger charge is 2.20. The maximum atomic E-state index is 12.0. The summed E-state index contributed by atoms with van der Waals surface area (Å²) in [5, 5.41) is 6.00. The molecule has 1 aromatic rings. The highest BCUT2D eigenvalue weighted by Crippen LogP contribution is 2.18. The molecule has 6 nitrogen and oxygen atoms in total. The van der Waals surface area contributed by atoms with Gasteiger partial charge in [0.25, 0.3) is 0 Å². The molecule has 106 valence electrons. The molecule has 0 aliphatic carbocycles. The van der Waals surface area contributed by atoms with E-state index in [4.69, 9.17) is 5.73 Å². The smallest absolute Gasteiger partial charge is 0.242 e. The van der Waals surface area contributed by atoms with Gasteiger partial charge in [-0.05, 0) is 34.1 Å². The van der Waals surface area contributed by atoms with Crippen molar-refractivity contribution < 1.29 is 4.79 Å². The second-order valence-electron chi connectivity index (χ2n) is 5.54. The van der Waals surface area contributed by atoms with Gasteiger partial charge < -0.3 is 16.4 Å². The molecule has 6 heteroatoms. The van der Waals surface area contributed by atoms with Gasteiger partial charge in [-0.1, -0.05) is 6.92 Å². The summed E-state index contributed by atoms with van der Waals surface area (Å²) in [4.78, 5) is 20.1. The number of hydrogen-bond acceptors (Lipinski definition) is 5. The van der Waals surface area contributed by atoms with Crippen LogP contribution in [0.4, 0.5) is 11.6 Å². The van der Waals surface area contributed by atoms with Crippen molar-refractivity contribution in [3.8, 4) is 0 Å². The summed E-state index contributed by atoms with van der Waals surface area (Å²) in [7, 11) is 0. The molecule has 0 aliphatic heterocycles. The van der Waals surface area contributed by atoms with Crippen LogP contribution in [0.5, 0.6) is 0 Å². The monoisotopic (exact) mass is 265 g/mol. The van der Waals surface area contributed by atoms with Crippen LogP contribution in [0, 0.1) is 0 Å². The van der Waals surface area contributed by atoms with Crippen LogP contribution in [0.1, 0.15) is 40.2 Å². The van der Waals surface area contributed by atoms with Crippen molar-refractivity contribution in [3.63, 3.8) is 0 Å². The molecule has 0 fully saturated rings. The average molecular weight is 265 g/mol. The number of aromatic nitrogens is 2. The molecule has 0 aromatic carbocycles. The third-order valence-corrected chi connectivity index (χ3v) is 2.58. The molecule has 1 amide bonds. The number of anilines is 2. The predicted octanol–water partition coefficient (Wildman–Crippen LogP) is 1.34. The maximum absolute atomic E-state index is 12.0. The van der Waals surface area contributed by atoms with Gasteiger partial charge in [0.05, 0.1) is 0 Å². The Morgan fingerprint density at radius 2 is 2.05 bits per heavy atom. The summed E-state index contributed by atoms with van der Waals surface area (Å²) in [6.07, 6.45) is 2.10. The first kappa shape index (κ1) is 15.2. The van der Waals surface area contributed by atoms with E-state index in [1.807, 2.05) is 27.7 Å². The molecule has 1 aromatic heterocycles. The fourth-order valence-electron chi connectivity index (χ4n) is 1.65. The van der Waals surface area contributed by atoms with E-state index in [1.165, 1.54) is 6.33 Å². The van der Waals surface area contributed by atoms with Crippen molar-refractivity contribution in [3.05, 3.63) is 11.9 Å². The van der Waals surface area contributed by atoms with Crippen molar-refractivity contribution in [2.75, 3.05) is 11.1 Å². The lowest BCUT2D eigenvalue weighted by atomic mass is 10.1. The number of rotatable bonds is 4. The number of carbonyl (C=O) groups is 1. The molecule has 0 bridgehead atoms. The Morgan fingerprint density at radius 1 is 1.42 bits per heavy atom. The quantitative estimate of drug-likeness (QED) is 0.764. The summed E-state index contributed by atoms with van der Waals surface area (Å²) in [6.45, 7) is 9.59.